The number of anilines is 1. The fraction of sp³-hybridized carbons (Fsp3) is 0.647. The third-order valence-electron chi connectivity index (χ3n) is 4.56. The molecule has 2 atom stereocenters. The van der Waals surface area contributed by atoms with Crippen LogP contribution in [0, 0.1) is 19.8 Å². The molecular formula is C17H25N3O2. The van der Waals surface area contributed by atoms with Gasteiger partial charge in [-0.3, -0.25) is 4.98 Å². The second-order valence-corrected chi connectivity index (χ2v) is 7.46. The molecule has 0 aromatic carbocycles. The number of carbonyl (C=O) groups is 1. The van der Waals surface area contributed by atoms with Gasteiger partial charge in [-0.05, 0) is 46.2 Å². The van der Waals surface area contributed by atoms with Gasteiger partial charge in [-0.15, -0.1) is 0 Å². The molecule has 0 unspecified atom stereocenters. The molecule has 0 radical (unpaired) electrons. The topological polar surface area (TPSA) is 45.7 Å². The van der Waals surface area contributed by atoms with Gasteiger partial charge in [0, 0.05) is 31.2 Å². The Morgan fingerprint density at radius 1 is 1.27 bits per heavy atom. The van der Waals surface area contributed by atoms with Gasteiger partial charge in [-0.25, -0.2) is 4.79 Å². The van der Waals surface area contributed by atoms with Crippen molar-refractivity contribution in [3.63, 3.8) is 0 Å². The highest BCUT2D eigenvalue weighted by Gasteiger charge is 2.49. The second kappa shape index (κ2) is 5.14. The molecule has 0 bridgehead atoms. The van der Waals surface area contributed by atoms with Crippen molar-refractivity contribution >= 4 is 11.8 Å². The van der Waals surface area contributed by atoms with Gasteiger partial charge >= 0.3 is 6.09 Å². The Morgan fingerprint density at radius 2 is 2.00 bits per heavy atom. The lowest BCUT2D eigenvalue weighted by molar-refractivity contribution is -0.0163. The molecule has 1 aromatic rings. The molecule has 2 aliphatic heterocycles. The zero-order valence-electron chi connectivity index (χ0n) is 14.1. The molecule has 0 spiro atoms. The number of carbonyl (C=O) groups excluding carboxylic acids is 1. The van der Waals surface area contributed by atoms with E-state index in [1.54, 1.807) is 0 Å². The van der Waals surface area contributed by atoms with Gasteiger partial charge in [-0.1, -0.05) is 0 Å². The molecule has 0 saturated carbocycles. The van der Waals surface area contributed by atoms with Crippen molar-refractivity contribution in [1.82, 2.24) is 9.88 Å². The Morgan fingerprint density at radius 3 is 2.64 bits per heavy atom. The van der Waals surface area contributed by atoms with Crippen molar-refractivity contribution in [2.45, 2.75) is 46.3 Å². The van der Waals surface area contributed by atoms with Crippen LogP contribution in [-0.2, 0) is 4.74 Å². The fourth-order valence-corrected chi connectivity index (χ4v) is 3.18. The number of pyridine rings is 1. The van der Waals surface area contributed by atoms with Crippen LogP contribution in [0.4, 0.5) is 10.5 Å². The largest absolute Gasteiger partial charge is 0.444 e. The van der Waals surface area contributed by atoms with Crippen LogP contribution in [0.1, 0.15) is 32.0 Å². The molecule has 1 aromatic heterocycles. The van der Waals surface area contributed by atoms with E-state index in [1.165, 1.54) is 5.56 Å². The Hall–Kier alpha value is -1.78. The van der Waals surface area contributed by atoms with E-state index in [-0.39, 0.29) is 12.1 Å². The molecule has 0 aliphatic carbocycles. The number of hydrogen-bond acceptors (Lipinski definition) is 4. The lowest BCUT2D eigenvalue weighted by Crippen LogP contribution is -2.59. The standard InChI is InChI=1S/C17H25N3O2/c1-11-6-14(7-18-12(11)2)19-8-13-9-20(15(13)10-19)16(21)22-17(3,4)5/h6-7,13,15H,8-10H2,1-5H3/t13-,15-/m0/s1. The van der Waals surface area contributed by atoms with Crippen LogP contribution in [0.25, 0.3) is 0 Å². The number of nitrogens with zero attached hydrogens (tertiary/aromatic N) is 3. The maximum Gasteiger partial charge on any atom is 0.410 e. The molecule has 2 aliphatic rings. The van der Waals surface area contributed by atoms with E-state index in [0.717, 1.165) is 31.0 Å². The number of fused-ring (bicyclic) bond motifs is 1. The van der Waals surface area contributed by atoms with Crippen molar-refractivity contribution in [2.75, 3.05) is 24.5 Å². The molecule has 120 valence electrons. The van der Waals surface area contributed by atoms with Crippen LogP contribution in [0.15, 0.2) is 12.3 Å². The molecule has 2 saturated heterocycles. The van der Waals surface area contributed by atoms with Crippen molar-refractivity contribution in [1.29, 1.82) is 0 Å². The lowest BCUT2D eigenvalue weighted by Gasteiger charge is -2.43. The number of amides is 1. The number of rotatable bonds is 1. The normalized spacial score (nSPS) is 24.0. The molecule has 3 rings (SSSR count). The first kappa shape index (κ1) is 15.1. The number of ether oxygens (including phenoxy) is 1. The zero-order valence-corrected chi connectivity index (χ0v) is 14.1. The third-order valence-corrected chi connectivity index (χ3v) is 4.56. The van der Waals surface area contributed by atoms with Crippen LogP contribution in [0.5, 0.6) is 0 Å². The first-order valence-corrected chi connectivity index (χ1v) is 7.92. The first-order chi connectivity index (χ1) is 10.2. The minimum atomic E-state index is -0.432. The molecule has 5 nitrogen and oxygen atoms in total. The molecular weight excluding hydrogens is 278 g/mol. The predicted octanol–water partition coefficient (Wildman–Crippen LogP) is 2.75. The first-order valence-electron chi connectivity index (χ1n) is 7.92. The summed E-state index contributed by atoms with van der Waals surface area (Å²) in [6.45, 7) is 12.5. The molecule has 5 heteroatoms. The van der Waals surface area contributed by atoms with Gasteiger partial charge in [0.15, 0.2) is 0 Å². The van der Waals surface area contributed by atoms with Crippen molar-refractivity contribution in [3.8, 4) is 0 Å². The van der Waals surface area contributed by atoms with Crippen molar-refractivity contribution in [3.05, 3.63) is 23.5 Å². The second-order valence-electron chi connectivity index (χ2n) is 7.46. The highest BCUT2D eigenvalue weighted by atomic mass is 16.6. The highest BCUT2D eigenvalue weighted by molar-refractivity contribution is 5.70. The molecule has 1 amide bonds. The molecule has 22 heavy (non-hydrogen) atoms. The molecule has 0 N–H and O–H groups in total. The minimum absolute atomic E-state index is 0.186. The predicted molar refractivity (Wildman–Crippen MR) is 86.1 cm³/mol. The number of likely N-dealkylation sites (tertiary alicyclic amines) is 1. The van der Waals surface area contributed by atoms with Crippen LogP contribution >= 0.6 is 0 Å². The number of aromatic nitrogens is 1. The number of hydrogen-bond donors (Lipinski definition) is 0. The Kier molecular flexibility index (Phi) is 3.54. The smallest absolute Gasteiger partial charge is 0.410 e. The maximum absolute atomic E-state index is 12.2. The molecule has 2 fully saturated rings. The fourth-order valence-electron chi connectivity index (χ4n) is 3.18. The van der Waals surface area contributed by atoms with Gasteiger partial charge < -0.3 is 14.5 Å². The van der Waals surface area contributed by atoms with Gasteiger partial charge in [0.1, 0.15) is 5.60 Å². The van der Waals surface area contributed by atoms with Crippen molar-refractivity contribution in [2.24, 2.45) is 5.92 Å². The van der Waals surface area contributed by atoms with Crippen LogP contribution < -0.4 is 4.90 Å². The Bertz CT molecular complexity index is 594. The average molecular weight is 303 g/mol. The molecule has 3 heterocycles. The van der Waals surface area contributed by atoms with Crippen LogP contribution in [0.3, 0.4) is 0 Å². The van der Waals surface area contributed by atoms with E-state index >= 15 is 0 Å². The van der Waals surface area contributed by atoms with Gasteiger partial charge in [0.2, 0.25) is 0 Å². The lowest BCUT2D eigenvalue weighted by atomic mass is 9.93. The van der Waals surface area contributed by atoms with E-state index in [2.05, 4.69) is 22.9 Å². The summed E-state index contributed by atoms with van der Waals surface area (Å²) in [6.07, 6.45) is 1.75. The van der Waals surface area contributed by atoms with E-state index in [9.17, 15) is 4.79 Å². The van der Waals surface area contributed by atoms with E-state index in [0.29, 0.717) is 5.92 Å². The summed E-state index contributed by atoms with van der Waals surface area (Å²) in [6, 6.07) is 2.46. The van der Waals surface area contributed by atoms with E-state index in [1.807, 2.05) is 38.8 Å². The Balaban J connectivity index is 1.65. The summed E-state index contributed by atoms with van der Waals surface area (Å²) in [5.41, 5.74) is 3.00. The van der Waals surface area contributed by atoms with Crippen molar-refractivity contribution < 1.29 is 9.53 Å². The summed E-state index contributed by atoms with van der Waals surface area (Å²) in [7, 11) is 0. The van der Waals surface area contributed by atoms with E-state index in [4.69, 9.17) is 4.74 Å². The summed E-state index contributed by atoms with van der Waals surface area (Å²) >= 11 is 0. The summed E-state index contributed by atoms with van der Waals surface area (Å²) < 4.78 is 5.48. The SMILES string of the molecule is Cc1cc(N2C[C@H]3CN(C(=O)OC(C)(C)C)[C@H]3C2)cnc1C. The van der Waals surface area contributed by atoms with Gasteiger partial charge in [0.05, 0.1) is 17.9 Å². The van der Waals surface area contributed by atoms with Crippen LogP contribution in [-0.4, -0.2) is 47.3 Å². The maximum atomic E-state index is 12.2. The minimum Gasteiger partial charge on any atom is -0.444 e. The monoisotopic (exact) mass is 303 g/mol. The summed E-state index contributed by atoms with van der Waals surface area (Å²) in [4.78, 5) is 20.8. The highest BCUT2D eigenvalue weighted by Crippen LogP contribution is 2.36. The quantitative estimate of drug-likeness (QED) is 0.800. The van der Waals surface area contributed by atoms with E-state index < -0.39 is 5.60 Å². The third kappa shape index (κ3) is 2.76. The summed E-state index contributed by atoms with van der Waals surface area (Å²) in [5, 5.41) is 0. The number of aryl methyl sites for hydroxylation is 2. The van der Waals surface area contributed by atoms with Crippen LogP contribution in [0.2, 0.25) is 0 Å². The Labute approximate surface area is 132 Å². The zero-order chi connectivity index (χ0) is 16.1. The van der Waals surface area contributed by atoms with Gasteiger partial charge in [-0.2, -0.15) is 0 Å². The summed E-state index contributed by atoms with van der Waals surface area (Å²) in [5.74, 6) is 0.550. The average Bonchev–Trinajstić information content (AvgIpc) is 2.69. The van der Waals surface area contributed by atoms with Gasteiger partial charge in [0.25, 0.3) is 0 Å².